The van der Waals surface area contributed by atoms with Crippen LogP contribution in [0.4, 0.5) is 0 Å². The first kappa shape index (κ1) is 52.5. The van der Waals surface area contributed by atoms with Crippen LogP contribution in [0, 0.1) is 0 Å². The van der Waals surface area contributed by atoms with E-state index in [9.17, 15) is 19.5 Å². The van der Waals surface area contributed by atoms with E-state index in [4.69, 9.17) is 47.4 Å². The van der Waals surface area contributed by atoms with E-state index < -0.39 is 79.3 Å². The van der Waals surface area contributed by atoms with Gasteiger partial charge in [0.1, 0.15) is 30.5 Å². The molecule has 7 aromatic rings. The molecule has 2 aliphatic rings. The molecule has 14 heteroatoms. The normalized spacial score (nSPS) is 23.4. The van der Waals surface area contributed by atoms with E-state index in [1.54, 1.807) is 91.0 Å². The zero-order valence-electron chi connectivity index (χ0n) is 41.0. The summed E-state index contributed by atoms with van der Waals surface area (Å²) in [7, 11) is 0. The van der Waals surface area contributed by atoms with Crippen molar-refractivity contribution in [3.8, 4) is 0 Å². The maximum atomic E-state index is 14.5. The van der Waals surface area contributed by atoms with Gasteiger partial charge in [0.15, 0.2) is 30.9 Å². The van der Waals surface area contributed by atoms with Crippen molar-refractivity contribution >= 4 is 17.9 Å². The highest BCUT2D eigenvalue weighted by Crippen LogP contribution is 2.36. The fourth-order valence-electron chi connectivity index (χ4n) is 8.81. The number of aliphatic hydroxyl groups is 1. The highest BCUT2D eigenvalue weighted by atomic mass is 16.8. The molecule has 0 aromatic heterocycles. The number of carbonyl (C=O) groups is 3. The predicted molar refractivity (Wildman–Crippen MR) is 274 cm³/mol. The SMILES string of the molecule is O=C(OC1C(OCc2ccccc2)[C@H](OCc2ccccc2)C(COCc2ccccc2)O[C@H]1O[C@@H]1C(COCc2ccccc2)O[C@H](O)C(OC(=O)c2ccccc2)C1OC(=O)c1ccccc1)c1ccccc1. The molecule has 2 heterocycles. The number of aliphatic hydroxyl groups excluding tert-OH is 1. The Bertz CT molecular complexity index is 2810. The van der Waals surface area contributed by atoms with Crippen LogP contribution in [0.15, 0.2) is 212 Å². The van der Waals surface area contributed by atoms with Gasteiger partial charge in [-0.05, 0) is 58.7 Å². The van der Waals surface area contributed by atoms with Gasteiger partial charge in [-0.1, -0.05) is 176 Å². The van der Waals surface area contributed by atoms with Crippen molar-refractivity contribution in [2.45, 2.75) is 87.8 Å². The van der Waals surface area contributed by atoms with Crippen molar-refractivity contribution in [3.05, 3.63) is 251 Å². The number of rotatable bonds is 22. The third-order valence-corrected chi connectivity index (χ3v) is 12.6. The van der Waals surface area contributed by atoms with Crippen LogP contribution >= 0.6 is 0 Å². The lowest BCUT2D eigenvalue weighted by molar-refractivity contribution is -0.361. The van der Waals surface area contributed by atoms with E-state index in [0.29, 0.717) is 0 Å². The van der Waals surface area contributed by atoms with Crippen LogP contribution in [0.5, 0.6) is 0 Å². The molecule has 75 heavy (non-hydrogen) atoms. The second-order valence-electron chi connectivity index (χ2n) is 17.9. The topological polar surface area (TPSA) is 164 Å². The van der Waals surface area contributed by atoms with Gasteiger partial charge in [0.05, 0.1) is 56.3 Å². The number of hydrogen-bond acceptors (Lipinski definition) is 14. The maximum absolute atomic E-state index is 14.5. The molecule has 386 valence electrons. The molecule has 0 saturated carbocycles. The number of ether oxygens (including phenoxy) is 10. The second-order valence-corrected chi connectivity index (χ2v) is 17.9. The Hall–Kier alpha value is -7.37. The fraction of sp³-hybridized carbons (Fsp3) is 0.262. The summed E-state index contributed by atoms with van der Waals surface area (Å²) >= 11 is 0. The zero-order valence-corrected chi connectivity index (χ0v) is 41.0. The molecule has 2 aliphatic heterocycles. The van der Waals surface area contributed by atoms with Crippen LogP contribution in [-0.4, -0.2) is 97.6 Å². The maximum Gasteiger partial charge on any atom is 0.338 e. The Labute approximate surface area is 435 Å². The average molecular weight is 1020 g/mol. The Balaban J connectivity index is 1.14. The monoisotopic (exact) mass is 1010 g/mol. The van der Waals surface area contributed by atoms with Gasteiger partial charge in [-0.25, -0.2) is 14.4 Å². The largest absolute Gasteiger partial charge is 0.452 e. The lowest BCUT2D eigenvalue weighted by atomic mass is 9.95. The standard InChI is InChI=1S/C61H58O14/c62-57(46-30-16-5-17-31-46)72-54-52(50(41-67-37-43-24-10-2-11-25-43)70-60(65)55(54)73-58(63)47-32-18-6-19-33-47)75-61-56(74-59(64)48-34-20-7-21-35-48)53(69-39-45-28-14-4-15-29-45)51(68-38-44-26-12-3-13-27-44)49(71-61)40-66-36-42-22-8-1-9-23-42/h1-35,49-56,60-61,65H,36-41H2/t49?,50?,51-,52-,53?,54?,55?,56?,60+,61+/m1/s1. The van der Waals surface area contributed by atoms with Crippen molar-refractivity contribution in [3.63, 3.8) is 0 Å². The molecule has 14 nitrogen and oxygen atoms in total. The van der Waals surface area contributed by atoms with Crippen molar-refractivity contribution in [1.82, 2.24) is 0 Å². The van der Waals surface area contributed by atoms with Gasteiger partial charge in [-0.3, -0.25) is 0 Å². The molecule has 10 atom stereocenters. The van der Waals surface area contributed by atoms with E-state index in [1.807, 2.05) is 121 Å². The molecule has 2 saturated heterocycles. The van der Waals surface area contributed by atoms with Gasteiger partial charge < -0.3 is 52.5 Å². The molecule has 1 N–H and O–H groups in total. The summed E-state index contributed by atoms with van der Waals surface area (Å²) in [5.41, 5.74) is 3.97. The van der Waals surface area contributed by atoms with Gasteiger partial charge in [-0.15, -0.1) is 0 Å². The van der Waals surface area contributed by atoms with Gasteiger partial charge in [0.2, 0.25) is 0 Å². The minimum absolute atomic E-state index is 0.0455. The third kappa shape index (κ3) is 14.5. The first-order valence-electron chi connectivity index (χ1n) is 24.8. The van der Waals surface area contributed by atoms with Gasteiger partial charge in [0.25, 0.3) is 0 Å². The highest BCUT2D eigenvalue weighted by molar-refractivity contribution is 5.91. The Kier molecular flexibility index (Phi) is 18.7. The molecule has 0 spiro atoms. The Morgan fingerprint density at radius 3 is 1.11 bits per heavy atom. The van der Waals surface area contributed by atoms with E-state index in [0.717, 1.165) is 22.3 Å². The smallest absolute Gasteiger partial charge is 0.338 e. The molecular formula is C61H58O14. The van der Waals surface area contributed by atoms with Gasteiger partial charge in [0, 0.05) is 0 Å². The molecule has 2 fully saturated rings. The summed E-state index contributed by atoms with van der Waals surface area (Å²) in [4.78, 5) is 42.7. The molecule has 0 amide bonds. The van der Waals surface area contributed by atoms with E-state index in [-0.39, 0.29) is 56.3 Å². The summed E-state index contributed by atoms with van der Waals surface area (Å²) in [6.07, 6.45) is -14.0. The third-order valence-electron chi connectivity index (χ3n) is 12.6. The highest BCUT2D eigenvalue weighted by Gasteiger charge is 2.56. The quantitative estimate of drug-likeness (QED) is 0.0505. The number of esters is 3. The minimum atomic E-state index is -1.87. The van der Waals surface area contributed by atoms with Crippen molar-refractivity contribution in [2.75, 3.05) is 13.2 Å². The predicted octanol–water partition coefficient (Wildman–Crippen LogP) is 9.09. The first-order valence-corrected chi connectivity index (χ1v) is 24.8. The summed E-state index contributed by atoms with van der Waals surface area (Å²) in [6.45, 7) is 0.188. The zero-order chi connectivity index (χ0) is 51.6. The number of carbonyl (C=O) groups excluding carboxylic acids is 3. The van der Waals surface area contributed by atoms with Crippen LogP contribution < -0.4 is 0 Å². The molecule has 9 rings (SSSR count). The second kappa shape index (κ2) is 26.7. The average Bonchev–Trinajstić information content (AvgIpc) is 3.46. The first-order chi connectivity index (χ1) is 36.9. The van der Waals surface area contributed by atoms with Crippen LogP contribution in [-0.2, 0) is 73.8 Å². The van der Waals surface area contributed by atoms with Crippen molar-refractivity contribution in [1.29, 1.82) is 0 Å². The fourth-order valence-corrected chi connectivity index (χ4v) is 8.81. The Morgan fingerprint density at radius 2 is 0.693 bits per heavy atom. The van der Waals surface area contributed by atoms with Crippen LogP contribution in [0.25, 0.3) is 0 Å². The van der Waals surface area contributed by atoms with Crippen LogP contribution in [0.2, 0.25) is 0 Å². The minimum Gasteiger partial charge on any atom is -0.452 e. The lowest BCUT2D eigenvalue weighted by Crippen LogP contribution is -2.66. The molecule has 7 aromatic carbocycles. The summed E-state index contributed by atoms with van der Waals surface area (Å²) < 4.78 is 65.7. The Morgan fingerprint density at radius 1 is 0.360 bits per heavy atom. The van der Waals surface area contributed by atoms with Crippen LogP contribution in [0.1, 0.15) is 53.3 Å². The van der Waals surface area contributed by atoms with E-state index >= 15 is 0 Å². The number of hydrogen-bond donors (Lipinski definition) is 1. The molecular weight excluding hydrogens is 957 g/mol. The van der Waals surface area contributed by atoms with Crippen molar-refractivity contribution < 1.29 is 66.9 Å². The summed E-state index contributed by atoms with van der Waals surface area (Å²) in [5.74, 6) is -2.39. The van der Waals surface area contributed by atoms with Gasteiger partial charge >= 0.3 is 17.9 Å². The van der Waals surface area contributed by atoms with E-state index in [2.05, 4.69) is 0 Å². The molecule has 0 bridgehead atoms. The molecule has 6 unspecified atom stereocenters. The summed E-state index contributed by atoms with van der Waals surface area (Å²) in [5, 5.41) is 11.9. The van der Waals surface area contributed by atoms with E-state index in [1.165, 1.54) is 0 Å². The molecule has 0 aliphatic carbocycles. The van der Waals surface area contributed by atoms with Crippen molar-refractivity contribution in [2.24, 2.45) is 0 Å². The summed E-state index contributed by atoms with van der Waals surface area (Å²) in [6, 6.07) is 62.9. The van der Waals surface area contributed by atoms with Gasteiger partial charge in [-0.2, -0.15) is 0 Å². The molecule has 0 radical (unpaired) electrons. The van der Waals surface area contributed by atoms with Crippen LogP contribution in [0.3, 0.4) is 0 Å². The number of benzene rings is 7. The lowest BCUT2D eigenvalue weighted by Gasteiger charge is -2.49.